The number of halogens is 1. The number of hydrogen-bond acceptors (Lipinski definition) is 4. The zero-order valence-electron chi connectivity index (χ0n) is 11.5. The van der Waals surface area contributed by atoms with Gasteiger partial charge in [0.05, 0.1) is 40.5 Å². The second kappa shape index (κ2) is 6.26. The molecule has 1 unspecified atom stereocenters. The highest BCUT2D eigenvalue weighted by Crippen LogP contribution is 2.26. The Morgan fingerprint density at radius 1 is 1.35 bits per heavy atom. The maximum Gasteiger partial charge on any atom is 0.0942 e. The lowest BCUT2D eigenvalue weighted by molar-refractivity contribution is 0.105. The predicted octanol–water partition coefficient (Wildman–Crippen LogP) is 1.91. The lowest BCUT2D eigenvalue weighted by atomic mass is 10.2. The molecule has 0 aliphatic carbocycles. The van der Waals surface area contributed by atoms with Crippen LogP contribution in [0.5, 0.6) is 0 Å². The summed E-state index contributed by atoms with van der Waals surface area (Å²) in [6, 6.07) is 7.62. The van der Waals surface area contributed by atoms with Crippen LogP contribution in [0.1, 0.15) is 11.4 Å². The molecule has 0 fully saturated rings. The molecule has 0 spiro atoms. The highest BCUT2D eigenvalue weighted by Gasteiger charge is 2.13. The fourth-order valence-electron chi connectivity index (χ4n) is 1.96. The van der Waals surface area contributed by atoms with Crippen LogP contribution in [0.3, 0.4) is 0 Å². The second-order valence-corrected chi connectivity index (χ2v) is 5.01. The summed E-state index contributed by atoms with van der Waals surface area (Å²) < 4.78 is 1.77. The van der Waals surface area contributed by atoms with Crippen molar-refractivity contribution < 1.29 is 10.2 Å². The van der Waals surface area contributed by atoms with E-state index in [4.69, 9.17) is 16.7 Å². The zero-order chi connectivity index (χ0) is 14.7. The van der Waals surface area contributed by atoms with Crippen LogP contribution in [0.2, 0.25) is 5.02 Å². The lowest BCUT2D eigenvalue weighted by Gasteiger charge is -2.15. The third-order valence-electron chi connectivity index (χ3n) is 3.07. The van der Waals surface area contributed by atoms with E-state index in [0.29, 0.717) is 5.02 Å². The fraction of sp³-hybridized carbons (Fsp3) is 0.357. The Hall–Kier alpha value is -1.56. The number of aliphatic hydroxyl groups is 2. The number of aryl methyl sites for hydroxylation is 1. The summed E-state index contributed by atoms with van der Waals surface area (Å²) >= 11 is 6.17. The molecule has 1 aromatic heterocycles. The summed E-state index contributed by atoms with van der Waals surface area (Å²) in [5, 5.41) is 26.5. The zero-order valence-corrected chi connectivity index (χ0v) is 12.2. The van der Waals surface area contributed by atoms with Crippen molar-refractivity contribution in [3.05, 3.63) is 40.7 Å². The molecule has 0 saturated carbocycles. The van der Waals surface area contributed by atoms with E-state index in [1.165, 1.54) is 0 Å². The van der Waals surface area contributed by atoms with Crippen molar-refractivity contribution >= 4 is 17.3 Å². The van der Waals surface area contributed by atoms with Gasteiger partial charge in [0.1, 0.15) is 0 Å². The molecule has 0 aliphatic heterocycles. The van der Waals surface area contributed by atoms with Crippen LogP contribution in [0.25, 0.3) is 5.69 Å². The van der Waals surface area contributed by atoms with E-state index in [1.54, 1.807) is 4.68 Å². The van der Waals surface area contributed by atoms with Crippen LogP contribution in [0.4, 0.5) is 5.69 Å². The Bertz CT molecular complexity index is 598. The van der Waals surface area contributed by atoms with Gasteiger partial charge in [-0.2, -0.15) is 5.10 Å². The maximum absolute atomic E-state index is 9.43. The quantitative estimate of drug-likeness (QED) is 0.788. The molecule has 0 radical (unpaired) electrons. The van der Waals surface area contributed by atoms with Gasteiger partial charge in [0.25, 0.3) is 0 Å². The fourth-order valence-corrected chi connectivity index (χ4v) is 2.08. The molecule has 1 heterocycles. The normalized spacial score (nSPS) is 12.4. The molecule has 20 heavy (non-hydrogen) atoms. The van der Waals surface area contributed by atoms with Crippen molar-refractivity contribution in [2.45, 2.75) is 20.0 Å². The molecular formula is C14H18ClN3O2. The minimum Gasteiger partial charge on any atom is -0.394 e. The highest BCUT2D eigenvalue weighted by atomic mass is 35.5. The van der Waals surface area contributed by atoms with Crippen LogP contribution < -0.4 is 5.32 Å². The topological polar surface area (TPSA) is 70.3 Å². The first-order valence-corrected chi connectivity index (χ1v) is 6.76. The molecule has 6 heteroatoms. The van der Waals surface area contributed by atoms with E-state index < -0.39 is 6.10 Å². The van der Waals surface area contributed by atoms with Gasteiger partial charge in [0.15, 0.2) is 0 Å². The number of aromatic nitrogens is 2. The standard InChI is InChI=1S/C14H18ClN3O2/c1-9-14(15)10(2)18(17-9)13-6-4-3-5-12(13)16-7-11(20)8-19/h3-6,11,16,19-20H,7-8H2,1-2H3. The highest BCUT2D eigenvalue weighted by molar-refractivity contribution is 6.31. The molecule has 2 rings (SSSR count). The first kappa shape index (κ1) is 14.8. The Morgan fingerprint density at radius 2 is 2.05 bits per heavy atom. The first-order chi connectivity index (χ1) is 9.54. The van der Waals surface area contributed by atoms with E-state index in [2.05, 4.69) is 10.4 Å². The van der Waals surface area contributed by atoms with Gasteiger partial charge >= 0.3 is 0 Å². The summed E-state index contributed by atoms with van der Waals surface area (Å²) in [4.78, 5) is 0. The van der Waals surface area contributed by atoms with Crippen molar-refractivity contribution in [2.24, 2.45) is 0 Å². The summed E-state index contributed by atoms with van der Waals surface area (Å²) in [5.74, 6) is 0. The molecule has 108 valence electrons. The van der Waals surface area contributed by atoms with Gasteiger partial charge in [0, 0.05) is 6.54 Å². The van der Waals surface area contributed by atoms with Gasteiger partial charge in [-0.05, 0) is 26.0 Å². The van der Waals surface area contributed by atoms with Gasteiger partial charge in [-0.3, -0.25) is 0 Å². The number of anilines is 1. The summed E-state index contributed by atoms with van der Waals surface area (Å²) in [6.07, 6.45) is -0.799. The SMILES string of the molecule is Cc1nn(-c2ccccc2NCC(O)CO)c(C)c1Cl. The first-order valence-electron chi connectivity index (χ1n) is 6.38. The summed E-state index contributed by atoms with van der Waals surface area (Å²) in [5.41, 5.74) is 3.31. The number of benzene rings is 1. The van der Waals surface area contributed by atoms with E-state index in [-0.39, 0.29) is 13.2 Å². The molecule has 0 saturated heterocycles. The van der Waals surface area contributed by atoms with Crippen LogP contribution in [0.15, 0.2) is 24.3 Å². The maximum atomic E-state index is 9.43. The van der Waals surface area contributed by atoms with Gasteiger partial charge < -0.3 is 15.5 Å². The Morgan fingerprint density at radius 3 is 2.65 bits per heavy atom. The van der Waals surface area contributed by atoms with E-state index >= 15 is 0 Å². The van der Waals surface area contributed by atoms with Crippen molar-refractivity contribution in [3.8, 4) is 5.69 Å². The van der Waals surface area contributed by atoms with Crippen LogP contribution in [0, 0.1) is 13.8 Å². The average molecular weight is 296 g/mol. The minimum absolute atomic E-state index is 0.264. The van der Waals surface area contributed by atoms with Gasteiger partial charge in [-0.25, -0.2) is 4.68 Å². The third kappa shape index (κ3) is 2.95. The average Bonchev–Trinajstić information content (AvgIpc) is 2.72. The second-order valence-electron chi connectivity index (χ2n) is 4.63. The molecule has 0 amide bonds. The van der Waals surface area contributed by atoms with Crippen LogP contribution in [-0.2, 0) is 0 Å². The van der Waals surface area contributed by atoms with Crippen molar-refractivity contribution in [2.75, 3.05) is 18.5 Å². The van der Waals surface area contributed by atoms with Crippen molar-refractivity contribution in [3.63, 3.8) is 0 Å². The molecule has 5 nitrogen and oxygen atoms in total. The number of hydrogen-bond donors (Lipinski definition) is 3. The van der Waals surface area contributed by atoms with Crippen LogP contribution in [-0.4, -0.2) is 39.2 Å². The van der Waals surface area contributed by atoms with Gasteiger partial charge in [0.2, 0.25) is 0 Å². The molecule has 0 aliphatic rings. The van der Waals surface area contributed by atoms with Crippen LogP contribution >= 0.6 is 11.6 Å². The monoisotopic (exact) mass is 295 g/mol. The number of para-hydroxylation sites is 2. The molecule has 1 aromatic carbocycles. The smallest absolute Gasteiger partial charge is 0.0942 e. The third-order valence-corrected chi connectivity index (χ3v) is 3.62. The molecular weight excluding hydrogens is 278 g/mol. The summed E-state index contributed by atoms with van der Waals surface area (Å²) in [6.45, 7) is 3.75. The summed E-state index contributed by atoms with van der Waals surface area (Å²) in [7, 11) is 0. The molecule has 3 N–H and O–H groups in total. The van der Waals surface area contributed by atoms with Crippen molar-refractivity contribution in [1.29, 1.82) is 0 Å². The van der Waals surface area contributed by atoms with E-state index in [0.717, 1.165) is 22.8 Å². The number of rotatable bonds is 5. The predicted molar refractivity (Wildman–Crippen MR) is 79.6 cm³/mol. The molecule has 1 atom stereocenters. The van der Waals surface area contributed by atoms with Crippen molar-refractivity contribution in [1.82, 2.24) is 9.78 Å². The Balaban J connectivity index is 2.34. The molecule has 0 bridgehead atoms. The Labute approximate surface area is 122 Å². The van der Waals surface area contributed by atoms with E-state index in [1.807, 2.05) is 38.1 Å². The lowest BCUT2D eigenvalue weighted by Crippen LogP contribution is -2.23. The largest absolute Gasteiger partial charge is 0.394 e. The molecule has 2 aromatic rings. The number of aliphatic hydroxyl groups excluding tert-OH is 2. The number of nitrogens with one attached hydrogen (secondary N) is 1. The Kier molecular flexibility index (Phi) is 4.65. The number of nitrogens with zero attached hydrogens (tertiary/aromatic N) is 2. The van der Waals surface area contributed by atoms with Gasteiger partial charge in [-0.15, -0.1) is 0 Å². The minimum atomic E-state index is -0.799. The van der Waals surface area contributed by atoms with E-state index in [9.17, 15) is 5.11 Å². The van der Waals surface area contributed by atoms with Gasteiger partial charge in [-0.1, -0.05) is 23.7 Å².